The second-order valence-electron chi connectivity index (χ2n) is 4.42. The van der Waals surface area contributed by atoms with Crippen molar-refractivity contribution in [3.63, 3.8) is 0 Å². The van der Waals surface area contributed by atoms with Crippen LogP contribution in [0.15, 0.2) is 18.3 Å². The van der Waals surface area contributed by atoms with Crippen LogP contribution < -0.4 is 10.6 Å². The number of carbonyl (C=O) groups is 1. The molecule has 0 aliphatic carbocycles. The molecule has 5 nitrogen and oxygen atoms in total. The van der Waals surface area contributed by atoms with Crippen molar-refractivity contribution in [1.29, 1.82) is 0 Å². The number of hydrogen-bond donors (Lipinski definition) is 2. The van der Waals surface area contributed by atoms with Crippen molar-refractivity contribution in [2.24, 2.45) is 5.92 Å². The Morgan fingerprint density at radius 2 is 2.28 bits per heavy atom. The first-order chi connectivity index (χ1) is 8.81. The van der Waals surface area contributed by atoms with E-state index < -0.39 is 0 Å². The van der Waals surface area contributed by atoms with Gasteiger partial charge in [0.2, 0.25) is 0 Å². The molecule has 0 unspecified atom stereocenters. The van der Waals surface area contributed by atoms with Crippen molar-refractivity contribution < 1.29 is 9.53 Å². The van der Waals surface area contributed by atoms with E-state index in [1.807, 2.05) is 0 Å². The number of aromatic nitrogens is 1. The van der Waals surface area contributed by atoms with E-state index in [4.69, 9.17) is 4.74 Å². The maximum Gasteiger partial charge on any atom is 0.255 e. The monoisotopic (exact) mass is 249 g/mol. The molecule has 1 fully saturated rings. The van der Waals surface area contributed by atoms with Crippen LogP contribution in [-0.2, 0) is 4.74 Å². The van der Waals surface area contributed by atoms with Crippen molar-refractivity contribution in [3.05, 3.63) is 23.9 Å². The zero-order valence-corrected chi connectivity index (χ0v) is 10.6. The van der Waals surface area contributed by atoms with E-state index in [1.54, 1.807) is 25.4 Å². The molecule has 0 saturated carbocycles. The average Bonchev–Trinajstić information content (AvgIpc) is 2.45. The minimum Gasteiger partial charge on any atom is -0.381 e. The molecule has 0 spiro atoms. The van der Waals surface area contributed by atoms with Crippen LogP contribution in [0.5, 0.6) is 0 Å². The van der Waals surface area contributed by atoms with Crippen LogP contribution in [0, 0.1) is 5.92 Å². The van der Waals surface area contributed by atoms with E-state index in [-0.39, 0.29) is 5.91 Å². The lowest BCUT2D eigenvalue weighted by atomic mass is 10.0. The third-order valence-corrected chi connectivity index (χ3v) is 3.18. The van der Waals surface area contributed by atoms with Crippen LogP contribution in [0.2, 0.25) is 0 Å². The normalized spacial score (nSPS) is 16.3. The third-order valence-electron chi connectivity index (χ3n) is 3.18. The molecule has 1 aliphatic rings. The van der Waals surface area contributed by atoms with Crippen LogP contribution in [-0.4, -0.2) is 37.7 Å². The number of pyridine rings is 1. The lowest BCUT2D eigenvalue weighted by molar-refractivity contribution is 0.0643. The number of carbonyl (C=O) groups excluding carboxylic acids is 1. The Bertz CT molecular complexity index is 403. The van der Waals surface area contributed by atoms with Crippen molar-refractivity contribution >= 4 is 11.7 Å². The molecule has 18 heavy (non-hydrogen) atoms. The highest BCUT2D eigenvalue weighted by atomic mass is 16.5. The number of hydrogen-bond acceptors (Lipinski definition) is 4. The summed E-state index contributed by atoms with van der Waals surface area (Å²) in [6.45, 7) is 2.31. The minimum atomic E-state index is -0.0704. The van der Waals surface area contributed by atoms with E-state index in [0.717, 1.165) is 26.1 Å². The van der Waals surface area contributed by atoms with Crippen LogP contribution in [0.4, 0.5) is 5.82 Å². The largest absolute Gasteiger partial charge is 0.381 e. The summed E-state index contributed by atoms with van der Waals surface area (Å²) in [6, 6.07) is 3.54. The zero-order valence-electron chi connectivity index (χ0n) is 10.6. The third kappa shape index (κ3) is 3.20. The molecule has 1 aromatic heterocycles. The molecule has 5 heteroatoms. The van der Waals surface area contributed by atoms with Crippen molar-refractivity contribution in [1.82, 2.24) is 10.3 Å². The van der Waals surface area contributed by atoms with Crippen LogP contribution in [0.25, 0.3) is 0 Å². The summed E-state index contributed by atoms with van der Waals surface area (Å²) in [4.78, 5) is 16.2. The molecule has 0 atom stereocenters. The summed E-state index contributed by atoms with van der Waals surface area (Å²) >= 11 is 0. The smallest absolute Gasteiger partial charge is 0.255 e. The number of anilines is 1. The van der Waals surface area contributed by atoms with Gasteiger partial charge in [-0.05, 0) is 30.9 Å². The van der Waals surface area contributed by atoms with E-state index in [1.165, 1.54) is 0 Å². The lowest BCUT2D eigenvalue weighted by Crippen LogP contribution is -2.32. The van der Waals surface area contributed by atoms with Crippen molar-refractivity contribution in [2.45, 2.75) is 12.8 Å². The highest BCUT2D eigenvalue weighted by Crippen LogP contribution is 2.14. The molecule has 1 aromatic rings. The number of rotatable bonds is 4. The predicted molar refractivity (Wildman–Crippen MR) is 69.7 cm³/mol. The highest BCUT2D eigenvalue weighted by Gasteiger charge is 2.16. The van der Waals surface area contributed by atoms with Crippen LogP contribution in [0.1, 0.15) is 23.2 Å². The summed E-state index contributed by atoms with van der Waals surface area (Å²) in [5, 5.41) is 5.89. The Morgan fingerprint density at radius 1 is 1.50 bits per heavy atom. The first-order valence-electron chi connectivity index (χ1n) is 6.30. The minimum absolute atomic E-state index is 0.0704. The molecule has 1 amide bonds. The maximum absolute atomic E-state index is 12.0. The molecule has 2 rings (SSSR count). The van der Waals surface area contributed by atoms with Gasteiger partial charge in [-0.1, -0.05) is 0 Å². The first kappa shape index (κ1) is 12.8. The van der Waals surface area contributed by atoms with Gasteiger partial charge in [-0.25, -0.2) is 4.98 Å². The van der Waals surface area contributed by atoms with Gasteiger partial charge in [0.25, 0.3) is 5.91 Å². The molecule has 1 saturated heterocycles. The number of nitrogens with zero attached hydrogens (tertiary/aromatic N) is 1. The highest BCUT2D eigenvalue weighted by molar-refractivity contribution is 5.98. The fraction of sp³-hybridized carbons (Fsp3) is 0.538. The number of amides is 1. The number of ether oxygens (including phenoxy) is 1. The summed E-state index contributed by atoms with van der Waals surface area (Å²) in [6.07, 6.45) is 3.71. The quantitative estimate of drug-likeness (QED) is 0.843. The maximum atomic E-state index is 12.0. The van der Waals surface area contributed by atoms with E-state index >= 15 is 0 Å². The van der Waals surface area contributed by atoms with Gasteiger partial charge in [0.15, 0.2) is 0 Å². The van der Waals surface area contributed by atoms with Crippen molar-refractivity contribution in [2.75, 3.05) is 32.1 Å². The molecule has 1 aliphatic heterocycles. The second kappa shape index (κ2) is 6.35. The molecular weight excluding hydrogens is 230 g/mol. The van der Waals surface area contributed by atoms with Gasteiger partial charge in [-0.2, -0.15) is 0 Å². The summed E-state index contributed by atoms with van der Waals surface area (Å²) in [5.41, 5.74) is 0.590. The Kier molecular flexibility index (Phi) is 4.52. The zero-order chi connectivity index (χ0) is 12.8. The van der Waals surface area contributed by atoms with Gasteiger partial charge in [-0.3, -0.25) is 4.79 Å². The average molecular weight is 249 g/mol. The Morgan fingerprint density at radius 3 is 3.00 bits per heavy atom. The van der Waals surface area contributed by atoms with Crippen molar-refractivity contribution in [3.8, 4) is 0 Å². The summed E-state index contributed by atoms with van der Waals surface area (Å²) < 4.78 is 5.29. The van der Waals surface area contributed by atoms with Gasteiger partial charge in [0.05, 0.1) is 5.56 Å². The predicted octanol–water partition coefficient (Wildman–Crippen LogP) is 1.28. The second-order valence-corrected chi connectivity index (χ2v) is 4.42. The van der Waals surface area contributed by atoms with Gasteiger partial charge in [0.1, 0.15) is 5.82 Å². The fourth-order valence-corrected chi connectivity index (χ4v) is 2.07. The topological polar surface area (TPSA) is 63.2 Å². The van der Waals surface area contributed by atoms with Gasteiger partial charge in [-0.15, -0.1) is 0 Å². The molecule has 0 bridgehead atoms. The lowest BCUT2D eigenvalue weighted by Gasteiger charge is -2.22. The Balaban J connectivity index is 1.90. The fourth-order valence-electron chi connectivity index (χ4n) is 2.07. The SMILES string of the molecule is CNc1ncccc1C(=O)NCC1CCOCC1. The molecule has 0 aromatic carbocycles. The summed E-state index contributed by atoms with van der Waals surface area (Å²) in [7, 11) is 1.76. The Labute approximate surface area is 107 Å². The molecule has 98 valence electrons. The molecular formula is C13H19N3O2. The molecule has 0 radical (unpaired) electrons. The van der Waals surface area contributed by atoms with Gasteiger partial charge in [0, 0.05) is 33.0 Å². The first-order valence-corrected chi connectivity index (χ1v) is 6.30. The number of nitrogens with one attached hydrogen (secondary N) is 2. The van der Waals surface area contributed by atoms with Crippen LogP contribution in [0.3, 0.4) is 0 Å². The summed E-state index contributed by atoms with van der Waals surface area (Å²) in [5.74, 6) is 1.07. The van der Waals surface area contributed by atoms with Crippen LogP contribution >= 0.6 is 0 Å². The van der Waals surface area contributed by atoms with Gasteiger partial charge < -0.3 is 15.4 Å². The van der Waals surface area contributed by atoms with E-state index in [0.29, 0.717) is 23.8 Å². The van der Waals surface area contributed by atoms with Gasteiger partial charge >= 0.3 is 0 Å². The molecule has 2 heterocycles. The van der Waals surface area contributed by atoms with E-state index in [9.17, 15) is 4.79 Å². The Hall–Kier alpha value is -1.62. The standard InChI is InChI=1S/C13H19N3O2/c1-14-12-11(3-2-6-15-12)13(17)16-9-10-4-7-18-8-5-10/h2-3,6,10H,4-5,7-9H2,1H3,(H,14,15)(H,16,17). The van der Waals surface area contributed by atoms with E-state index in [2.05, 4.69) is 15.6 Å². The molecule has 2 N–H and O–H groups in total.